The third-order valence-electron chi connectivity index (χ3n) is 4.96. The number of hydrogen-bond donors (Lipinski definition) is 2. The third-order valence-corrected chi connectivity index (χ3v) is 6.38. The van der Waals surface area contributed by atoms with Crippen molar-refractivity contribution in [2.45, 2.75) is 24.9 Å². The van der Waals surface area contributed by atoms with E-state index >= 15 is 0 Å². The first-order valence-corrected chi connectivity index (χ1v) is 12.1. The minimum Gasteiger partial charge on any atom is -0.468 e. The fourth-order valence-corrected chi connectivity index (χ4v) is 4.28. The Bertz CT molecular complexity index is 1370. The lowest BCUT2D eigenvalue weighted by molar-refractivity contribution is -0.111. The zero-order valence-electron chi connectivity index (χ0n) is 18.5. The van der Waals surface area contributed by atoms with E-state index in [2.05, 4.69) is 15.1 Å². The van der Waals surface area contributed by atoms with E-state index in [0.29, 0.717) is 23.7 Å². The van der Waals surface area contributed by atoms with Crippen LogP contribution in [0.4, 0.5) is 5.82 Å². The Kier molecular flexibility index (Phi) is 7.05. The molecule has 8 nitrogen and oxygen atoms in total. The van der Waals surface area contributed by atoms with E-state index in [9.17, 15) is 13.2 Å². The van der Waals surface area contributed by atoms with Crippen molar-refractivity contribution < 1.29 is 17.6 Å². The van der Waals surface area contributed by atoms with Crippen LogP contribution in [-0.4, -0.2) is 24.1 Å². The van der Waals surface area contributed by atoms with Gasteiger partial charge in [-0.1, -0.05) is 42.5 Å². The van der Waals surface area contributed by atoms with Crippen molar-refractivity contribution in [1.29, 1.82) is 0 Å². The summed E-state index contributed by atoms with van der Waals surface area (Å²) >= 11 is 0. The molecule has 4 aromatic rings. The van der Waals surface area contributed by atoms with Gasteiger partial charge in [0.25, 0.3) is 0 Å². The van der Waals surface area contributed by atoms with Crippen LogP contribution in [0.3, 0.4) is 0 Å². The minimum atomic E-state index is -3.68. The molecule has 0 aliphatic carbocycles. The molecule has 34 heavy (non-hydrogen) atoms. The number of aryl methyl sites for hydroxylation is 1. The number of nitrogens with one attached hydrogen (secondary N) is 2. The van der Waals surface area contributed by atoms with E-state index in [4.69, 9.17) is 4.42 Å². The summed E-state index contributed by atoms with van der Waals surface area (Å²) in [7, 11) is -3.68. The molecule has 2 aromatic carbocycles. The summed E-state index contributed by atoms with van der Waals surface area (Å²) in [6.07, 6.45) is 4.50. The summed E-state index contributed by atoms with van der Waals surface area (Å²) < 4.78 is 34.2. The van der Waals surface area contributed by atoms with E-state index in [1.54, 1.807) is 35.0 Å². The smallest absolute Gasteiger partial charge is 0.249 e. The molecule has 0 fully saturated rings. The van der Waals surface area contributed by atoms with Gasteiger partial charge in [-0.3, -0.25) is 4.79 Å². The van der Waals surface area contributed by atoms with E-state index < -0.39 is 10.0 Å². The van der Waals surface area contributed by atoms with Gasteiger partial charge in [0.05, 0.1) is 29.9 Å². The SMILES string of the molecule is Cc1cc(NC(=O)C=Cc2ccc(S(=O)(=O)NCc3ccco3)cc2)n(Cc2ccccc2)n1. The Morgan fingerprint density at radius 2 is 1.82 bits per heavy atom. The average Bonchev–Trinajstić information content (AvgIpc) is 3.47. The number of nitrogens with zero attached hydrogens (tertiary/aromatic N) is 2. The third kappa shape index (κ3) is 6.09. The minimum absolute atomic E-state index is 0.0670. The van der Waals surface area contributed by atoms with E-state index in [1.165, 1.54) is 24.5 Å². The van der Waals surface area contributed by atoms with Gasteiger partial charge in [-0.2, -0.15) is 5.10 Å². The second kappa shape index (κ2) is 10.3. The lowest BCUT2D eigenvalue weighted by atomic mass is 10.2. The highest BCUT2D eigenvalue weighted by Gasteiger charge is 2.14. The summed E-state index contributed by atoms with van der Waals surface area (Å²) in [5, 5.41) is 7.30. The van der Waals surface area contributed by atoms with E-state index in [1.807, 2.05) is 43.3 Å². The molecule has 0 aliphatic rings. The largest absolute Gasteiger partial charge is 0.468 e. The molecule has 0 spiro atoms. The summed E-state index contributed by atoms with van der Waals surface area (Å²) in [5.74, 6) is 0.806. The second-order valence-corrected chi connectivity index (χ2v) is 9.38. The van der Waals surface area contributed by atoms with Crippen molar-refractivity contribution in [2.24, 2.45) is 0 Å². The Morgan fingerprint density at radius 3 is 2.53 bits per heavy atom. The lowest BCUT2D eigenvalue weighted by Gasteiger charge is -2.08. The van der Waals surface area contributed by atoms with Crippen molar-refractivity contribution in [3.05, 3.63) is 108 Å². The van der Waals surface area contributed by atoms with Crippen LogP contribution >= 0.6 is 0 Å². The number of benzene rings is 2. The number of furan rings is 1. The van der Waals surface area contributed by atoms with Gasteiger partial charge < -0.3 is 9.73 Å². The van der Waals surface area contributed by atoms with Gasteiger partial charge in [0.15, 0.2) is 0 Å². The first-order chi connectivity index (χ1) is 16.4. The van der Waals surface area contributed by atoms with Gasteiger partial charge in [0.2, 0.25) is 15.9 Å². The van der Waals surface area contributed by atoms with Crippen LogP contribution in [0, 0.1) is 6.92 Å². The Morgan fingerprint density at radius 1 is 1.06 bits per heavy atom. The van der Waals surface area contributed by atoms with Crippen LogP contribution in [0.25, 0.3) is 6.08 Å². The van der Waals surface area contributed by atoms with Crippen molar-refractivity contribution in [3.8, 4) is 0 Å². The molecule has 0 bridgehead atoms. The van der Waals surface area contributed by atoms with Crippen molar-refractivity contribution in [2.75, 3.05) is 5.32 Å². The quantitative estimate of drug-likeness (QED) is 0.356. The van der Waals surface area contributed by atoms with Gasteiger partial charge in [-0.25, -0.2) is 17.8 Å². The van der Waals surface area contributed by atoms with Gasteiger partial charge in [0, 0.05) is 12.1 Å². The fraction of sp³-hybridized carbons (Fsp3) is 0.120. The highest BCUT2D eigenvalue weighted by Crippen LogP contribution is 2.15. The highest BCUT2D eigenvalue weighted by molar-refractivity contribution is 7.89. The van der Waals surface area contributed by atoms with Crippen LogP contribution in [0.1, 0.15) is 22.6 Å². The number of amides is 1. The van der Waals surface area contributed by atoms with Gasteiger partial charge in [-0.05, 0) is 48.4 Å². The molecule has 0 unspecified atom stereocenters. The summed E-state index contributed by atoms with van der Waals surface area (Å²) in [6, 6.07) is 21.3. The molecule has 2 N–H and O–H groups in total. The Balaban J connectivity index is 1.37. The number of carbonyl (C=O) groups is 1. The molecule has 9 heteroatoms. The number of hydrogen-bond acceptors (Lipinski definition) is 5. The topological polar surface area (TPSA) is 106 Å². The van der Waals surface area contributed by atoms with Crippen LogP contribution in [0.15, 0.2) is 94.4 Å². The molecule has 0 saturated carbocycles. The number of sulfonamides is 1. The second-order valence-electron chi connectivity index (χ2n) is 7.61. The van der Waals surface area contributed by atoms with Crippen molar-refractivity contribution in [3.63, 3.8) is 0 Å². The van der Waals surface area contributed by atoms with Gasteiger partial charge in [-0.15, -0.1) is 0 Å². The molecule has 1 amide bonds. The molecule has 2 aromatic heterocycles. The molecule has 0 aliphatic heterocycles. The molecule has 0 atom stereocenters. The predicted molar refractivity (Wildman–Crippen MR) is 129 cm³/mol. The van der Waals surface area contributed by atoms with Crippen molar-refractivity contribution >= 4 is 27.8 Å². The molecule has 0 radical (unpaired) electrons. The molecule has 4 rings (SSSR count). The Hall–Kier alpha value is -3.95. The monoisotopic (exact) mass is 476 g/mol. The van der Waals surface area contributed by atoms with Gasteiger partial charge >= 0.3 is 0 Å². The van der Waals surface area contributed by atoms with Crippen LogP contribution in [0.5, 0.6) is 0 Å². The van der Waals surface area contributed by atoms with Gasteiger partial charge in [0.1, 0.15) is 11.6 Å². The maximum absolute atomic E-state index is 12.5. The number of carbonyl (C=O) groups excluding carboxylic acids is 1. The van der Waals surface area contributed by atoms with Crippen LogP contribution < -0.4 is 10.0 Å². The Labute approximate surface area is 198 Å². The zero-order valence-corrected chi connectivity index (χ0v) is 19.3. The highest BCUT2D eigenvalue weighted by atomic mass is 32.2. The van der Waals surface area contributed by atoms with Crippen molar-refractivity contribution in [1.82, 2.24) is 14.5 Å². The maximum Gasteiger partial charge on any atom is 0.249 e. The van der Waals surface area contributed by atoms with E-state index in [0.717, 1.165) is 11.3 Å². The fourth-order valence-electron chi connectivity index (χ4n) is 3.28. The molecular weight excluding hydrogens is 452 g/mol. The average molecular weight is 477 g/mol. The summed E-state index contributed by atoms with van der Waals surface area (Å²) in [5.41, 5.74) is 2.56. The zero-order chi connectivity index (χ0) is 24.0. The first kappa shape index (κ1) is 23.2. The number of aromatic nitrogens is 2. The summed E-state index contributed by atoms with van der Waals surface area (Å²) in [4.78, 5) is 12.6. The molecular formula is C25H24N4O4S. The number of anilines is 1. The normalized spacial score (nSPS) is 11.7. The van der Waals surface area contributed by atoms with E-state index in [-0.39, 0.29) is 17.3 Å². The predicted octanol–water partition coefficient (Wildman–Crippen LogP) is 3.96. The van der Waals surface area contributed by atoms with Crippen LogP contribution in [-0.2, 0) is 27.9 Å². The van der Waals surface area contributed by atoms with Crippen LogP contribution in [0.2, 0.25) is 0 Å². The molecule has 174 valence electrons. The standard InChI is InChI=1S/C25H24N4O4S/c1-19-16-24(29(28-19)18-21-6-3-2-4-7-21)27-25(30)14-11-20-9-12-23(13-10-20)34(31,32)26-17-22-8-5-15-33-22/h2-16,26H,17-18H2,1H3,(H,27,30). The lowest BCUT2D eigenvalue weighted by Crippen LogP contribution is -2.22. The summed E-state index contributed by atoms with van der Waals surface area (Å²) in [6.45, 7) is 2.47. The maximum atomic E-state index is 12.5. The molecule has 0 saturated heterocycles. The first-order valence-electron chi connectivity index (χ1n) is 10.6. The molecule has 2 heterocycles. The number of rotatable bonds is 9.